The number of ether oxygens (including phenoxy) is 1. The van der Waals surface area contributed by atoms with Gasteiger partial charge in [-0.25, -0.2) is 4.98 Å². The normalized spacial score (nSPS) is 10.4. The van der Waals surface area contributed by atoms with E-state index in [1.54, 1.807) is 12.0 Å². The van der Waals surface area contributed by atoms with E-state index in [4.69, 9.17) is 4.74 Å². The van der Waals surface area contributed by atoms with Gasteiger partial charge in [0.15, 0.2) is 0 Å². The fourth-order valence-corrected chi connectivity index (χ4v) is 2.89. The Labute approximate surface area is 157 Å². The van der Waals surface area contributed by atoms with Crippen molar-refractivity contribution in [1.29, 1.82) is 0 Å². The van der Waals surface area contributed by atoms with Gasteiger partial charge in [0, 0.05) is 23.9 Å². The molecule has 0 aliphatic heterocycles. The summed E-state index contributed by atoms with van der Waals surface area (Å²) >= 11 is 0. The Morgan fingerprint density at radius 1 is 1.11 bits per heavy atom. The Kier molecular flexibility index (Phi) is 5.66. The van der Waals surface area contributed by atoms with E-state index >= 15 is 0 Å². The molecule has 0 bridgehead atoms. The van der Waals surface area contributed by atoms with E-state index < -0.39 is 0 Å². The number of hydrogen-bond donors (Lipinski definition) is 0. The minimum Gasteiger partial charge on any atom is -0.496 e. The molecule has 6 heteroatoms. The first-order valence-corrected chi connectivity index (χ1v) is 8.69. The molecular weight excluding hydrogens is 342 g/mol. The molecule has 0 fully saturated rings. The molecule has 0 unspecified atom stereocenters. The van der Waals surface area contributed by atoms with E-state index in [0.717, 1.165) is 11.3 Å². The molecule has 1 amide bonds. The van der Waals surface area contributed by atoms with Gasteiger partial charge in [0.2, 0.25) is 5.91 Å². The van der Waals surface area contributed by atoms with Gasteiger partial charge < -0.3 is 9.64 Å². The summed E-state index contributed by atoms with van der Waals surface area (Å²) in [4.78, 5) is 31.2. The smallest absolute Gasteiger partial charge is 0.254 e. The maximum absolute atomic E-state index is 12.7. The van der Waals surface area contributed by atoms with Crippen molar-refractivity contribution in [3.05, 3.63) is 77.3 Å². The lowest BCUT2D eigenvalue weighted by atomic mass is 10.1. The summed E-state index contributed by atoms with van der Waals surface area (Å²) in [6.45, 7) is 2.35. The summed E-state index contributed by atoms with van der Waals surface area (Å²) in [5, 5.41) is 0. The number of anilines is 1. The monoisotopic (exact) mass is 363 g/mol. The van der Waals surface area contributed by atoms with Crippen LogP contribution >= 0.6 is 0 Å². The molecule has 0 radical (unpaired) electrons. The van der Waals surface area contributed by atoms with Crippen molar-refractivity contribution in [2.24, 2.45) is 0 Å². The van der Waals surface area contributed by atoms with Gasteiger partial charge in [-0.3, -0.25) is 14.2 Å². The fourth-order valence-electron chi connectivity index (χ4n) is 2.89. The van der Waals surface area contributed by atoms with Gasteiger partial charge in [-0.05, 0) is 31.2 Å². The third kappa shape index (κ3) is 4.06. The number of carbonyl (C=O) groups excluding carboxylic acids is 1. The number of nitrogens with zero attached hydrogens (tertiary/aromatic N) is 3. The van der Waals surface area contributed by atoms with Crippen LogP contribution in [0.5, 0.6) is 5.75 Å². The first kappa shape index (κ1) is 18.4. The highest BCUT2D eigenvalue weighted by atomic mass is 16.5. The summed E-state index contributed by atoms with van der Waals surface area (Å²) < 4.78 is 6.63. The molecule has 0 saturated heterocycles. The van der Waals surface area contributed by atoms with Crippen LogP contribution in [0.1, 0.15) is 6.92 Å². The minimum absolute atomic E-state index is 0.0687. The van der Waals surface area contributed by atoms with Gasteiger partial charge in [0.25, 0.3) is 5.56 Å². The van der Waals surface area contributed by atoms with Crippen LogP contribution in [0.3, 0.4) is 0 Å². The molecule has 1 aromatic heterocycles. The van der Waals surface area contributed by atoms with Gasteiger partial charge in [0.05, 0.1) is 19.1 Å². The van der Waals surface area contributed by atoms with Crippen molar-refractivity contribution in [3.63, 3.8) is 0 Å². The molecule has 0 atom stereocenters. The van der Waals surface area contributed by atoms with E-state index in [2.05, 4.69) is 4.98 Å². The molecule has 3 aromatic rings. The molecule has 3 rings (SSSR count). The maximum Gasteiger partial charge on any atom is 0.254 e. The second kappa shape index (κ2) is 8.31. The van der Waals surface area contributed by atoms with Crippen LogP contribution < -0.4 is 15.2 Å². The largest absolute Gasteiger partial charge is 0.496 e. The van der Waals surface area contributed by atoms with Crippen LogP contribution in [-0.4, -0.2) is 29.1 Å². The van der Waals surface area contributed by atoms with Crippen LogP contribution in [0.25, 0.3) is 11.3 Å². The number of rotatable bonds is 6. The average molecular weight is 363 g/mol. The Balaban J connectivity index is 1.84. The molecule has 138 valence electrons. The topological polar surface area (TPSA) is 64.4 Å². The zero-order valence-electron chi connectivity index (χ0n) is 15.3. The maximum atomic E-state index is 12.7. The van der Waals surface area contributed by atoms with Gasteiger partial charge in [-0.1, -0.05) is 30.3 Å². The average Bonchev–Trinajstić information content (AvgIpc) is 2.71. The standard InChI is InChI=1S/C21H21N3O3/c1-3-24(16-9-5-4-6-10-16)21(26)14-23-15-22-18(13-20(23)25)17-11-7-8-12-19(17)27-2/h4-13,15H,3,14H2,1-2H3. The van der Waals surface area contributed by atoms with E-state index in [-0.39, 0.29) is 18.0 Å². The van der Waals surface area contributed by atoms with Gasteiger partial charge >= 0.3 is 0 Å². The molecule has 0 saturated carbocycles. The molecule has 0 aliphatic rings. The van der Waals surface area contributed by atoms with Crippen molar-refractivity contribution >= 4 is 11.6 Å². The van der Waals surface area contributed by atoms with Gasteiger partial charge in [-0.15, -0.1) is 0 Å². The van der Waals surface area contributed by atoms with E-state index in [9.17, 15) is 9.59 Å². The van der Waals surface area contributed by atoms with Crippen LogP contribution in [0.15, 0.2) is 71.8 Å². The Morgan fingerprint density at radius 2 is 1.81 bits per heavy atom. The molecule has 0 spiro atoms. The van der Waals surface area contributed by atoms with E-state index in [1.165, 1.54) is 17.0 Å². The highest BCUT2D eigenvalue weighted by Gasteiger charge is 2.15. The SMILES string of the molecule is CCN(C(=O)Cn1cnc(-c2ccccc2OC)cc1=O)c1ccccc1. The summed E-state index contributed by atoms with van der Waals surface area (Å²) in [5.74, 6) is 0.470. The Morgan fingerprint density at radius 3 is 2.48 bits per heavy atom. The first-order valence-electron chi connectivity index (χ1n) is 8.69. The molecular formula is C21H21N3O3. The van der Waals surface area contributed by atoms with Gasteiger partial charge in [-0.2, -0.15) is 0 Å². The van der Waals surface area contributed by atoms with Crippen LogP contribution in [-0.2, 0) is 11.3 Å². The molecule has 0 N–H and O–H groups in total. The van der Waals surface area contributed by atoms with Crippen LogP contribution in [0.2, 0.25) is 0 Å². The number of para-hydroxylation sites is 2. The number of methoxy groups -OCH3 is 1. The molecule has 27 heavy (non-hydrogen) atoms. The number of likely N-dealkylation sites (N-methyl/N-ethyl adjacent to an activating group) is 1. The predicted molar refractivity (Wildman–Crippen MR) is 105 cm³/mol. The lowest BCUT2D eigenvalue weighted by molar-refractivity contribution is -0.119. The van der Waals surface area contributed by atoms with Crippen molar-refractivity contribution in [1.82, 2.24) is 9.55 Å². The summed E-state index contributed by atoms with van der Waals surface area (Å²) in [7, 11) is 1.57. The predicted octanol–water partition coefficient (Wildman–Crippen LogP) is 2.97. The number of benzene rings is 2. The van der Waals surface area contributed by atoms with Crippen molar-refractivity contribution in [2.75, 3.05) is 18.6 Å². The summed E-state index contributed by atoms with van der Waals surface area (Å²) in [6.07, 6.45) is 1.40. The van der Waals surface area contributed by atoms with Gasteiger partial charge in [0.1, 0.15) is 12.3 Å². The zero-order valence-corrected chi connectivity index (χ0v) is 15.3. The third-order valence-corrected chi connectivity index (χ3v) is 4.25. The van der Waals surface area contributed by atoms with Crippen LogP contribution in [0.4, 0.5) is 5.69 Å². The molecule has 2 aromatic carbocycles. The van der Waals surface area contributed by atoms with Crippen LogP contribution in [0, 0.1) is 0 Å². The summed E-state index contributed by atoms with van der Waals surface area (Å²) in [6, 6.07) is 18.2. The fraction of sp³-hybridized carbons (Fsp3) is 0.190. The summed E-state index contributed by atoms with van der Waals surface area (Å²) in [5.41, 5.74) is 1.76. The molecule has 1 heterocycles. The molecule has 0 aliphatic carbocycles. The lowest BCUT2D eigenvalue weighted by Gasteiger charge is -2.21. The first-order chi connectivity index (χ1) is 13.1. The van der Waals surface area contributed by atoms with E-state index in [0.29, 0.717) is 18.0 Å². The number of aromatic nitrogens is 2. The van der Waals surface area contributed by atoms with Crippen molar-refractivity contribution in [3.8, 4) is 17.0 Å². The lowest BCUT2D eigenvalue weighted by Crippen LogP contribution is -2.36. The highest BCUT2D eigenvalue weighted by Crippen LogP contribution is 2.26. The van der Waals surface area contributed by atoms with E-state index in [1.807, 2.05) is 61.5 Å². The number of amides is 1. The number of hydrogen-bond acceptors (Lipinski definition) is 4. The number of carbonyl (C=O) groups is 1. The zero-order chi connectivity index (χ0) is 19.2. The van der Waals surface area contributed by atoms with Crippen molar-refractivity contribution in [2.45, 2.75) is 13.5 Å². The third-order valence-electron chi connectivity index (χ3n) is 4.25. The Bertz CT molecular complexity index is 983. The molecule has 6 nitrogen and oxygen atoms in total. The minimum atomic E-state index is -0.289. The quantitative estimate of drug-likeness (QED) is 0.675. The van der Waals surface area contributed by atoms with Crippen molar-refractivity contribution < 1.29 is 9.53 Å². The second-order valence-electron chi connectivity index (χ2n) is 5.91. The highest BCUT2D eigenvalue weighted by molar-refractivity contribution is 5.93. The Hall–Kier alpha value is -3.41. The second-order valence-corrected chi connectivity index (χ2v) is 5.91.